The SMILES string of the molecule is O=C(CC12CC3CC(CC(C3)C1)C2)N[C@@H](CCO)C(=O)O. The highest BCUT2D eigenvalue weighted by molar-refractivity contribution is 5.83. The van der Waals surface area contributed by atoms with Gasteiger partial charge in [0.25, 0.3) is 0 Å². The Morgan fingerprint density at radius 1 is 1.10 bits per heavy atom. The monoisotopic (exact) mass is 295 g/mol. The summed E-state index contributed by atoms with van der Waals surface area (Å²) >= 11 is 0. The molecule has 1 amide bonds. The lowest BCUT2D eigenvalue weighted by atomic mass is 9.49. The molecule has 0 aromatic rings. The van der Waals surface area contributed by atoms with Crippen LogP contribution >= 0.6 is 0 Å². The molecule has 4 rings (SSSR count). The van der Waals surface area contributed by atoms with Crippen LogP contribution in [0.25, 0.3) is 0 Å². The average Bonchev–Trinajstić information content (AvgIpc) is 2.35. The Hall–Kier alpha value is -1.10. The molecule has 118 valence electrons. The van der Waals surface area contributed by atoms with Crippen LogP contribution in [0.5, 0.6) is 0 Å². The fourth-order valence-electron chi connectivity index (χ4n) is 5.48. The third kappa shape index (κ3) is 3.07. The first-order chi connectivity index (χ1) is 9.99. The number of carbonyl (C=O) groups is 2. The number of nitrogens with one attached hydrogen (secondary N) is 1. The van der Waals surface area contributed by atoms with Gasteiger partial charge in [-0.2, -0.15) is 0 Å². The number of rotatable bonds is 6. The Balaban J connectivity index is 1.61. The van der Waals surface area contributed by atoms with Crippen LogP contribution in [0.15, 0.2) is 0 Å². The predicted molar refractivity (Wildman–Crippen MR) is 76.5 cm³/mol. The molecule has 4 fully saturated rings. The maximum atomic E-state index is 12.3. The summed E-state index contributed by atoms with van der Waals surface area (Å²) in [4.78, 5) is 23.3. The molecule has 0 radical (unpaired) electrons. The van der Waals surface area contributed by atoms with Gasteiger partial charge >= 0.3 is 5.97 Å². The van der Waals surface area contributed by atoms with Crippen molar-refractivity contribution in [2.24, 2.45) is 23.2 Å². The molecule has 0 spiro atoms. The van der Waals surface area contributed by atoms with Crippen LogP contribution in [0, 0.1) is 23.2 Å². The lowest BCUT2D eigenvalue weighted by molar-refractivity contribution is -0.143. The molecular formula is C16H25NO4. The van der Waals surface area contributed by atoms with Crippen molar-refractivity contribution < 1.29 is 19.8 Å². The van der Waals surface area contributed by atoms with Crippen LogP contribution in [-0.2, 0) is 9.59 Å². The lowest BCUT2D eigenvalue weighted by Gasteiger charge is -2.56. The number of carboxylic acids is 1. The van der Waals surface area contributed by atoms with Gasteiger partial charge in [0, 0.05) is 19.4 Å². The van der Waals surface area contributed by atoms with Crippen LogP contribution in [0.1, 0.15) is 51.4 Å². The average molecular weight is 295 g/mol. The second kappa shape index (κ2) is 5.59. The summed E-state index contributed by atoms with van der Waals surface area (Å²) in [6.45, 7) is -0.228. The zero-order valence-electron chi connectivity index (χ0n) is 12.4. The van der Waals surface area contributed by atoms with Gasteiger partial charge in [0.05, 0.1) is 0 Å². The molecule has 5 heteroatoms. The van der Waals surface area contributed by atoms with E-state index in [1.165, 1.54) is 19.3 Å². The van der Waals surface area contributed by atoms with E-state index in [1.54, 1.807) is 0 Å². The Bertz CT molecular complexity index is 399. The van der Waals surface area contributed by atoms with E-state index in [-0.39, 0.29) is 24.3 Å². The van der Waals surface area contributed by atoms with Crippen molar-refractivity contribution in [1.82, 2.24) is 5.32 Å². The minimum atomic E-state index is -1.07. The summed E-state index contributed by atoms with van der Waals surface area (Å²) < 4.78 is 0. The number of hydrogen-bond acceptors (Lipinski definition) is 3. The van der Waals surface area contributed by atoms with Crippen molar-refractivity contribution in [2.45, 2.75) is 57.4 Å². The van der Waals surface area contributed by atoms with Crippen molar-refractivity contribution in [1.29, 1.82) is 0 Å². The molecule has 0 saturated heterocycles. The number of carbonyl (C=O) groups excluding carboxylic acids is 1. The summed E-state index contributed by atoms with van der Waals surface area (Å²) in [5.41, 5.74) is 0.126. The van der Waals surface area contributed by atoms with Crippen molar-refractivity contribution >= 4 is 11.9 Å². The molecular weight excluding hydrogens is 270 g/mol. The van der Waals surface area contributed by atoms with E-state index in [0.717, 1.165) is 37.0 Å². The first-order valence-corrected chi connectivity index (χ1v) is 8.13. The number of hydrogen-bond donors (Lipinski definition) is 3. The van der Waals surface area contributed by atoms with Crippen molar-refractivity contribution in [3.8, 4) is 0 Å². The number of carboxylic acid groups (broad SMARTS) is 1. The molecule has 1 atom stereocenters. The summed E-state index contributed by atoms with van der Waals surface area (Å²) in [7, 11) is 0. The number of aliphatic hydroxyl groups is 1. The van der Waals surface area contributed by atoms with E-state index < -0.39 is 12.0 Å². The third-order valence-corrected chi connectivity index (χ3v) is 5.75. The number of aliphatic hydroxyl groups excluding tert-OH is 1. The molecule has 0 aromatic carbocycles. The maximum absolute atomic E-state index is 12.3. The van der Waals surface area contributed by atoms with Crippen LogP contribution < -0.4 is 5.32 Å². The van der Waals surface area contributed by atoms with Gasteiger partial charge in [-0.15, -0.1) is 0 Å². The highest BCUT2D eigenvalue weighted by Crippen LogP contribution is 2.61. The van der Waals surface area contributed by atoms with Gasteiger partial charge < -0.3 is 15.5 Å². The fraction of sp³-hybridized carbons (Fsp3) is 0.875. The predicted octanol–water partition coefficient (Wildman–Crippen LogP) is 1.54. The zero-order valence-corrected chi connectivity index (χ0v) is 12.4. The van der Waals surface area contributed by atoms with E-state index in [4.69, 9.17) is 10.2 Å². The standard InChI is InChI=1S/C16H25NO4/c18-2-1-13(15(20)21)17-14(19)9-16-6-10-3-11(7-16)5-12(4-10)8-16/h10-13,18H,1-9H2,(H,17,19)(H,20,21)/t10?,11?,12?,13-,16?/m0/s1. The van der Waals surface area contributed by atoms with Gasteiger partial charge in [0.1, 0.15) is 6.04 Å². The summed E-state index contributed by atoms with van der Waals surface area (Å²) in [5.74, 6) is 1.14. The molecule has 4 bridgehead atoms. The second-order valence-electron chi connectivity index (χ2n) is 7.56. The van der Waals surface area contributed by atoms with Crippen LogP contribution in [0.2, 0.25) is 0 Å². The highest BCUT2D eigenvalue weighted by atomic mass is 16.4. The molecule has 3 N–H and O–H groups in total. The van der Waals surface area contributed by atoms with E-state index in [0.29, 0.717) is 6.42 Å². The van der Waals surface area contributed by atoms with Gasteiger partial charge in [-0.05, 0) is 61.7 Å². The molecule has 4 aliphatic rings. The molecule has 5 nitrogen and oxygen atoms in total. The van der Waals surface area contributed by atoms with Crippen molar-refractivity contribution in [3.63, 3.8) is 0 Å². The maximum Gasteiger partial charge on any atom is 0.326 e. The van der Waals surface area contributed by atoms with Gasteiger partial charge in [0.15, 0.2) is 0 Å². The van der Waals surface area contributed by atoms with Crippen molar-refractivity contribution in [3.05, 3.63) is 0 Å². The largest absolute Gasteiger partial charge is 0.480 e. The summed E-state index contributed by atoms with van der Waals surface area (Å²) in [6, 6.07) is -0.962. The van der Waals surface area contributed by atoms with Gasteiger partial charge in [-0.3, -0.25) is 4.79 Å². The second-order valence-corrected chi connectivity index (χ2v) is 7.56. The minimum Gasteiger partial charge on any atom is -0.480 e. The minimum absolute atomic E-state index is 0.0714. The molecule has 4 aliphatic carbocycles. The normalized spacial score (nSPS) is 38.2. The first-order valence-electron chi connectivity index (χ1n) is 8.13. The number of aliphatic carboxylic acids is 1. The van der Waals surface area contributed by atoms with E-state index in [9.17, 15) is 9.59 Å². The topological polar surface area (TPSA) is 86.6 Å². The van der Waals surface area contributed by atoms with E-state index >= 15 is 0 Å². The third-order valence-electron chi connectivity index (χ3n) is 5.75. The Morgan fingerprint density at radius 2 is 1.62 bits per heavy atom. The molecule has 21 heavy (non-hydrogen) atoms. The molecule has 0 unspecified atom stereocenters. The molecule has 0 aromatic heterocycles. The quantitative estimate of drug-likeness (QED) is 0.694. The Kier molecular flexibility index (Phi) is 3.95. The lowest BCUT2D eigenvalue weighted by Crippen LogP contribution is -2.49. The van der Waals surface area contributed by atoms with Crippen LogP contribution in [-0.4, -0.2) is 34.7 Å². The Morgan fingerprint density at radius 3 is 2.05 bits per heavy atom. The van der Waals surface area contributed by atoms with E-state index in [1.807, 2.05) is 0 Å². The smallest absolute Gasteiger partial charge is 0.326 e. The van der Waals surface area contributed by atoms with E-state index in [2.05, 4.69) is 5.32 Å². The van der Waals surface area contributed by atoms with Crippen LogP contribution in [0.3, 0.4) is 0 Å². The number of amides is 1. The zero-order chi connectivity index (χ0) is 15.0. The first kappa shape index (κ1) is 14.8. The molecule has 0 heterocycles. The highest BCUT2D eigenvalue weighted by Gasteiger charge is 2.51. The Labute approximate surface area is 125 Å². The van der Waals surface area contributed by atoms with Gasteiger partial charge in [-0.25, -0.2) is 4.79 Å². The van der Waals surface area contributed by atoms with Crippen LogP contribution in [0.4, 0.5) is 0 Å². The molecule has 4 saturated carbocycles. The summed E-state index contributed by atoms with van der Waals surface area (Å²) in [6.07, 6.45) is 7.97. The van der Waals surface area contributed by atoms with Gasteiger partial charge in [0.2, 0.25) is 5.91 Å². The molecule has 0 aliphatic heterocycles. The fourth-order valence-corrected chi connectivity index (χ4v) is 5.48. The van der Waals surface area contributed by atoms with Crippen molar-refractivity contribution in [2.75, 3.05) is 6.61 Å². The van der Waals surface area contributed by atoms with Gasteiger partial charge in [-0.1, -0.05) is 0 Å². The summed E-state index contributed by atoms with van der Waals surface area (Å²) in [5, 5.41) is 20.5.